The Balaban J connectivity index is 1.45. The number of H-pyrrole nitrogens is 1. The molecule has 1 fully saturated rings. The number of hydrogen-bond acceptors (Lipinski definition) is 5. The van der Waals surface area contributed by atoms with Gasteiger partial charge in [-0.2, -0.15) is 0 Å². The van der Waals surface area contributed by atoms with Crippen LogP contribution in [-0.2, 0) is 11.2 Å². The maximum atomic E-state index is 12.3. The summed E-state index contributed by atoms with van der Waals surface area (Å²) in [7, 11) is 0. The lowest BCUT2D eigenvalue weighted by Crippen LogP contribution is -2.40. The molecule has 5 N–H and O–H groups in total. The summed E-state index contributed by atoms with van der Waals surface area (Å²) in [6.07, 6.45) is 3.43. The number of phenols is 1. The Morgan fingerprint density at radius 2 is 2.00 bits per heavy atom. The van der Waals surface area contributed by atoms with E-state index in [0.29, 0.717) is 31.5 Å². The minimum Gasteiger partial charge on any atom is -0.508 e. The largest absolute Gasteiger partial charge is 0.508 e. The van der Waals surface area contributed by atoms with Gasteiger partial charge < -0.3 is 25.8 Å². The van der Waals surface area contributed by atoms with Gasteiger partial charge in [-0.1, -0.05) is 12.1 Å². The molecule has 8 heteroatoms. The molecule has 1 aromatic carbocycles. The minimum atomic E-state index is -0.755. The highest BCUT2D eigenvalue weighted by atomic mass is 16.3. The number of aromatic amines is 1. The summed E-state index contributed by atoms with van der Waals surface area (Å²) >= 11 is 0. The molecule has 2 aromatic rings. The molecule has 26 heavy (non-hydrogen) atoms. The number of aromatic nitrogens is 2. The van der Waals surface area contributed by atoms with Crippen LogP contribution in [0.25, 0.3) is 0 Å². The molecule has 3 rings (SSSR count). The second-order valence-corrected chi connectivity index (χ2v) is 6.49. The first-order valence-corrected chi connectivity index (χ1v) is 8.56. The monoisotopic (exact) mass is 358 g/mol. The van der Waals surface area contributed by atoms with Gasteiger partial charge in [-0.25, -0.2) is 4.98 Å². The summed E-state index contributed by atoms with van der Waals surface area (Å²) in [6, 6.07) is 6.37. The van der Waals surface area contributed by atoms with Gasteiger partial charge in [0.2, 0.25) is 5.91 Å². The molecule has 1 heterocycles. The molecule has 0 unspecified atom stereocenters. The highest BCUT2D eigenvalue weighted by Crippen LogP contribution is 2.26. The van der Waals surface area contributed by atoms with Gasteiger partial charge in [-0.3, -0.25) is 9.59 Å². The summed E-state index contributed by atoms with van der Waals surface area (Å²) in [5.74, 6) is -0.598. The van der Waals surface area contributed by atoms with Crippen molar-refractivity contribution in [2.75, 3.05) is 6.54 Å². The van der Waals surface area contributed by atoms with Crippen molar-refractivity contribution >= 4 is 11.8 Å². The number of benzene rings is 1. The van der Waals surface area contributed by atoms with Crippen molar-refractivity contribution in [3.63, 3.8) is 0 Å². The molecule has 0 bridgehead atoms. The van der Waals surface area contributed by atoms with Gasteiger partial charge in [-0.15, -0.1) is 0 Å². The van der Waals surface area contributed by atoms with Crippen LogP contribution in [0.5, 0.6) is 5.75 Å². The first-order valence-electron chi connectivity index (χ1n) is 8.56. The standard InChI is InChI=1S/C18H22N4O4/c23-13-3-1-11(2-4-13)5-6-20-17(25)12-7-14(16(24)8-12)22-18(26)15-9-19-10-21-15/h1-4,9-10,12,14,16,23-24H,5-8H2,(H,19,21)(H,20,25)(H,22,26)/t12-,14-,16-/m0/s1. The van der Waals surface area contributed by atoms with E-state index < -0.39 is 12.1 Å². The number of imidazole rings is 1. The zero-order valence-corrected chi connectivity index (χ0v) is 14.2. The van der Waals surface area contributed by atoms with Gasteiger partial charge in [0.25, 0.3) is 5.91 Å². The molecule has 0 saturated heterocycles. The van der Waals surface area contributed by atoms with Gasteiger partial charge >= 0.3 is 0 Å². The van der Waals surface area contributed by atoms with E-state index in [9.17, 15) is 19.8 Å². The van der Waals surface area contributed by atoms with E-state index in [-0.39, 0.29) is 23.5 Å². The summed E-state index contributed by atoms with van der Waals surface area (Å²) in [4.78, 5) is 30.8. The molecule has 3 atom stereocenters. The van der Waals surface area contributed by atoms with Crippen molar-refractivity contribution in [2.45, 2.75) is 31.4 Å². The van der Waals surface area contributed by atoms with Crippen molar-refractivity contribution in [1.29, 1.82) is 0 Å². The van der Waals surface area contributed by atoms with Crippen LogP contribution in [-0.4, -0.2) is 50.7 Å². The quantitative estimate of drug-likeness (QED) is 0.509. The van der Waals surface area contributed by atoms with Crippen molar-refractivity contribution in [1.82, 2.24) is 20.6 Å². The van der Waals surface area contributed by atoms with Crippen LogP contribution in [0.4, 0.5) is 0 Å². The Bertz CT molecular complexity index is 745. The number of nitrogens with zero attached hydrogens (tertiary/aromatic N) is 1. The third-order valence-corrected chi connectivity index (χ3v) is 4.61. The summed E-state index contributed by atoms with van der Waals surface area (Å²) in [5, 5.41) is 25.0. The fourth-order valence-electron chi connectivity index (χ4n) is 3.15. The van der Waals surface area contributed by atoms with Crippen LogP contribution < -0.4 is 10.6 Å². The fourth-order valence-corrected chi connectivity index (χ4v) is 3.15. The smallest absolute Gasteiger partial charge is 0.269 e. The lowest BCUT2D eigenvalue weighted by Gasteiger charge is -2.15. The predicted molar refractivity (Wildman–Crippen MR) is 93.4 cm³/mol. The Morgan fingerprint density at radius 1 is 1.23 bits per heavy atom. The van der Waals surface area contributed by atoms with Crippen LogP contribution in [0.3, 0.4) is 0 Å². The number of hydrogen-bond donors (Lipinski definition) is 5. The third kappa shape index (κ3) is 4.40. The van der Waals surface area contributed by atoms with E-state index in [1.165, 1.54) is 12.5 Å². The number of nitrogens with one attached hydrogen (secondary N) is 3. The molecule has 1 aliphatic carbocycles. The number of carbonyl (C=O) groups is 2. The van der Waals surface area contributed by atoms with Gasteiger partial charge in [-0.05, 0) is 37.0 Å². The van der Waals surface area contributed by atoms with E-state index in [4.69, 9.17) is 0 Å². The minimum absolute atomic E-state index is 0.124. The van der Waals surface area contributed by atoms with Gasteiger partial charge in [0.05, 0.1) is 24.7 Å². The second-order valence-electron chi connectivity index (χ2n) is 6.49. The zero-order valence-electron chi connectivity index (χ0n) is 14.2. The Morgan fingerprint density at radius 3 is 2.69 bits per heavy atom. The topological polar surface area (TPSA) is 127 Å². The van der Waals surface area contributed by atoms with E-state index in [2.05, 4.69) is 20.6 Å². The molecule has 1 saturated carbocycles. The molecular weight excluding hydrogens is 336 g/mol. The van der Waals surface area contributed by atoms with Gasteiger partial charge in [0.15, 0.2) is 0 Å². The number of aliphatic hydroxyl groups excluding tert-OH is 1. The number of phenolic OH excluding ortho intramolecular Hbond substituents is 1. The Kier molecular flexibility index (Phi) is 5.52. The molecule has 0 spiro atoms. The number of rotatable bonds is 6. The lowest BCUT2D eigenvalue weighted by atomic mass is 10.1. The first-order chi connectivity index (χ1) is 12.5. The van der Waals surface area contributed by atoms with Crippen LogP contribution in [0.15, 0.2) is 36.8 Å². The lowest BCUT2D eigenvalue weighted by molar-refractivity contribution is -0.125. The number of amides is 2. The summed E-state index contributed by atoms with van der Waals surface area (Å²) < 4.78 is 0. The van der Waals surface area contributed by atoms with Crippen molar-refractivity contribution in [3.8, 4) is 5.75 Å². The molecule has 138 valence electrons. The molecule has 8 nitrogen and oxygen atoms in total. The highest BCUT2D eigenvalue weighted by molar-refractivity contribution is 5.92. The maximum absolute atomic E-state index is 12.3. The number of aliphatic hydroxyl groups is 1. The first kappa shape index (κ1) is 17.9. The zero-order chi connectivity index (χ0) is 18.5. The van der Waals surface area contributed by atoms with Gasteiger partial charge in [0, 0.05) is 12.5 Å². The Hall–Kier alpha value is -2.87. The highest BCUT2D eigenvalue weighted by Gasteiger charge is 2.37. The summed E-state index contributed by atoms with van der Waals surface area (Å²) in [5.41, 5.74) is 1.33. The van der Waals surface area contributed by atoms with Crippen LogP contribution in [0.1, 0.15) is 28.9 Å². The van der Waals surface area contributed by atoms with Crippen LogP contribution in [0.2, 0.25) is 0 Å². The third-order valence-electron chi connectivity index (χ3n) is 4.61. The van der Waals surface area contributed by atoms with Crippen molar-refractivity contribution in [2.24, 2.45) is 5.92 Å². The van der Waals surface area contributed by atoms with Crippen LogP contribution in [0, 0.1) is 5.92 Å². The van der Waals surface area contributed by atoms with E-state index >= 15 is 0 Å². The average molecular weight is 358 g/mol. The molecule has 0 aliphatic heterocycles. The van der Waals surface area contributed by atoms with Gasteiger partial charge in [0.1, 0.15) is 11.4 Å². The second kappa shape index (κ2) is 8.01. The molecular formula is C18H22N4O4. The van der Waals surface area contributed by atoms with Crippen molar-refractivity contribution < 1.29 is 19.8 Å². The van der Waals surface area contributed by atoms with E-state index in [0.717, 1.165) is 5.56 Å². The SMILES string of the molecule is O=C(N[C@H]1C[C@H](C(=O)NCCc2ccc(O)cc2)C[C@@H]1O)c1cnc[nH]1. The maximum Gasteiger partial charge on any atom is 0.269 e. The molecule has 1 aliphatic rings. The van der Waals surface area contributed by atoms with Crippen LogP contribution >= 0.6 is 0 Å². The van der Waals surface area contributed by atoms with Crippen molar-refractivity contribution in [3.05, 3.63) is 48.0 Å². The normalized spacial score (nSPS) is 22.1. The predicted octanol–water partition coefficient (Wildman–Crippen LogP) is 0.343. The summed E-state index contributed by atoms with van der Waals surface area (Å²) in [6.45, 7) is 0.474. The molecule has 2 amide bonds. The number of aromatic hydroxyl groups is 1. The molecule has 0 radical (unpaired) electrons. The fraction of sp³-hybridized carbons (Fsp3) is 0.389. The van der Waals surface area contributed by atoms with E-state index in [1.54, 1.807) is 12.1 Å². The molecule has 1 aromatic heterocycles. The van der Waals surface area contributed by atoms with E-state index in [1.807, 2.05) is 12.1 Å². The average Bonchev–Trinajstić information content (AvgIpc) is 3.27. The number of carbonyl (C=O) groups excluding carboxylic acids is 2. The Labute approximate surface area is 150 Å².